The molecule has 5 nitrogen and oxygen atoms in total. The van der Waals surface area contributed by atoms with Crippen molar-refractivity contribution in [2.24, 2.45) is 5.73 Å². The lowest BCUT2D eigenvalue weighted by atomic mass is 10.1. The molecule has 1 aliphatic heterocycles. The van der Waals surface area contributed by atoms with E-state index in [1.807, 2.05) is 18.9 Å². The molecular weight excluding hydrogens is 214 g/mol. The number of likely N-dealkylation sites (N-methyl/N-ethyl adjacent to an activating group) is 1. The summed E-state index contributed by atoms with van der Waals surface area (Å²) >= 11 is 0. The highest BCUT2D eigenvalue weighted by Gasteiger charge is 2.33. The Balaban J connectivity index is 2.69. The monoisotopic (exact) mass is 233 g/mol. The molecule has 0 amide bonds. The van der Waals surface area contributed by atoms with Crippen LogP contribution in [0.25, 0.3) is 0 Å². The number of nitrogens with two attached hydrogens (primary N) is 1. The molecule has 15 heavy (non-hydrogen) atoms. The van der Waals surface area contributed by atoms with Crippen molar-refractivity contribution in [3.05, 3.63) is 0 Å². The molecule has 0 aliphatic carbocycles. The first kappa shape index (κ1) is 12.4. The van der Waals surface area contributed by atoms with Gasteiger partial charge in [0, 0.05) is 6.04 Å². The standard InChI is InChI=1S/C9H19N3O2S/c1-3-8(9(10)11)12(2)7-4-5-15(13,14)6-7/h7-8H,3-6H2,1-2H3,(H3,10,11). The highest BCUT2D eigenvalue weighted by Crippen LogP contribution is 2.19. The lowest BCUT2D eigenvalue weighted by Crippen LogP contribution is -2.47. The predicted octanol–water partition coefficient (Wildman–Crippen LogP) is -0.180. The molecule has 3 N–H and O–H groups in total. The summed E-state index contributed by atoms with van der Waals surface area (Å²) in [7, 11) is -1.01. The van der Waals surface area contributed by atoms with Crippen LogP contribution in [-0.4, -0.2) is 49.8 Å². The zero-order chi connectivity index (χ0) is 11.6. The molecule has 0 radical (unpaired) electrons. The van der Waals surface area contributed by atoms with E-state index < -0.39 is 9.84 Å². The van der Waals surface area contributed by atoms with Crippen LogP contribution in [0.3, 0.4) is 0 Å². The fraction of sp³-hybridized carbons (Fsp3) is 0.889. The van der Waals surface area contributed by atoms with Gasteiger partial charge < -0.3 is 5.73 Å². The Morgan fingerprint density at radius 1 is 1.67 bits per heavy atom. The first-order valence-electron chi connectivity index (χ1n) is 5.13. The van der Waals surface area contributed by atoms with Crippen molar-refractivity contribution in [1.29, 1.82) is 5.41 Å². The lowest BCUT2D eigenvalue weighted by Gasteiger charge is -2.30. The second-order valence-corrected chi connectivity index (χ2v) is 6.33. The quantitative estimate of drug-likeness (QED) is 0.521. The maximum absolute atomic E-state index is 11.3. The van der Waals surface area contributed by atoms with Crippen LogP contribution in [0, 0.1) is 5.41 Å². The predicted molar refractivity (Wildman–Crippen MR) is 60.8 cm³/mol. The molecule has 1 saturated heterocycles. The molecule has 1 aliphatic rings. The van der Waals surface area contributed by atoms with Gasteiger partial charge in [-0.15, -0.1) is 0 Å². The Kier molecular flexibility index (Phi) is 3.72. The number of amidine groups is 1. The summed E-state index contributed by atoms with van der Waals surface area (Å²) in [5, 5.41) is 7.43. The zero-order valence-electron chi connectivity index (χ0n) is 9.23. The normalized spacial score (nSPS) is 26.7. The lowest BCUT2D eigenvalue weighted by molar-refractivity contribution is 0.225. The minimum Gasteiger partial charge on any atom is -0.386 e. The first-order chi connectivity index (χ1) is 6.87. The molecule has 0 aromatic heterocycles. The van der Waals surface area contributed by atoms with Gasteiger partial charge in [-0.1, -0.05) is 6.92 Å². The summed E-state index contributed by atoms with van der Waals surface area (Å²) in [5.74, 6) is 0.577. The van der Waals surface area contributed by atoms with Crippen LogP contribution in [0.5, 0.6) is 0 Å². The van der Waals surface area contributed by atoms with Crippen LogP contribution in [0.15, 0.2) is 0 Å². The third-order valence-electron chi connectivity index (χ3n) is 3.02. The van der Waals surface area contributed by atoms with Crippen molar-refractivity contribution >= 4 is 15.7 Å². The van der Waals surface area contributed by atoms with Gasteiger partial charge in [-0.25, -0.2) is 8.42 Å². The number of nitrogens with one attached hydrogen (secondary N) is 1. The Hall–Kier alpha value is -0.620. The average Bonchev–Trinajstić information content (AvgIpc) is 2.46. The third kappa shape index (κ3) is 2.92. The van der Waals surface area contributed by atoms with Crippen molar-refractivity contribution in [2.45, 2.75) is 31.8 Å². The number of rotatable bonds is 4. The van der Waals surface area contributed by atoms with Gasteiger partial charge in [0.2, 0.25) is 0 Å². The smallest absolute Gasteiger partial charge is 0.151 e. The van der Waals surface area contributed by atoms with Crippen molar-refractivity contribution in [3.63, 3.8) is 0 Å². The van der Waals surface area contributed by atoms with E-state index in [9.17, 15) is 8.42 Å². The summed E-state index contributed by atoms with van der Waals surface area (Å²) in [6.07, 6.45) is 1.39. The second-order valence-electron chi connectivity index (χ2n) is 4.10. The molecule has 0 saturated carbocycles. The SMILES string of the molecule is CCC(C(=N)N)N(C)C1CCS(=O)(=O)C1. The maximum Gasteiger partial charge on any atom is 0.151 e. The molecule has 2 unspecified atom stereocenters. The summed E-state index contributed by atoms with van der Waals surface area (Å²) in [6.45, 7) is 1.95. The van der Waals surface area contributed by atoms with E-state index in [4.69, 9.17) is 11.1 Å². The zero-order valence-corrected chi connectivity index (χ0v) is 10.0. The number of sulfone groups is 1. The molecule has 0 bridgehead atoms. The van der Waals surface area contributed by atoms with Crippen LogP contribution >= 0.6 is 0 Å². The third-order valence-corrected chi connectivity index (χ3v) is 4.77. The van der Waals surface area contributed by atoms with Crippen LogP contribution in [0.4, 0.5) is 0 Å². The minimum atomic E-state index is -2.86. The van der Waals surface area contributed by atoms with E-state index in [2.05, 4.69) is 0 Å². The van der Waals surface area contributed by atoms with Gasteiger partial charge in [0.1, 0.15) is 5.84 Å². The fourth-order valence-electron chi connectivity index (χ4n) is 2.08. The van der Waals surface area contributed by atoms with E-state index in [0.29, 0.717) is 6.42 Å². The largest absolute Gasteiger partial charge is 0.386 e. The Morgan fingerprint density at radius 2 is 2.27 bits per heavy atom. The molecule has 0 aromatic rings. The summed E-state index contributed by atoms with van der Waals surface area (Å²) in [4.78, 5) is 1.92. The van der Waals surface area contributed by atoms with E-state index in [1.165, 1.54) is 0 Å². The van der Waals surface area contributed by atoms with E-state index in [0.717, 1.165) is 6.42 Å². The molecule has 1 rings (SSSR count). The van der Waals surface area contributed by atoms with Crippen molar-refractivity contribution in [1.82, 2.24) is 4.90 Å². The Labute approximate surface area is 91.1 Å². The van der Waals surface area contributed by atoms with E-state index in [1.54, 1.807) is 0 Å². The van der Waals surface area contributed by atoms with Gasteiger partial charge in [-0.05, 0) is 19.9 Å². The van der Waals surface area contributed by atoms with Crippen LogP contribution in [0.2, 0.25) is 0 Å². The molecule has 6 heteroatoms. The highest BCUT2D eigenvalue weighted by molar-refractivity contribution is 7.91. The number of hydrogen-bond donors (Lipinski definition) is 2. The Morgan fingerprint density at radius 3 is 2.60 bits per heavy atom. The van der Waals surface area contributed by atoms with E-state index in [-0.39, 0.29) is 29.4 Å². The number of nitrogens with zero attached hydrogens (tertiary/aromatic N) is 1. The number of hydrogen-bond acceptors (Lipinski definition) is 4. The molecule has 1 fully saturated rings. The van der Waals surface area contributed by atoms with Gasteiger partial charge in [0.05, 0.1) is 17.5 Å². The van der Waals surface area contributed by atoms with Crippen molar-refractivity contribution < 1.29 is 8.42 Å². The Bertz CT molecular complexity index is 339. The van der Waals surface area contributed by atoms with Gasteiger partial charge >= 0.3 is 0 Å². The van der Waals surface area contributed by atoms with Gasteiger partial charge in [-0.2, -0.15) is 0 Å². The summed E-state index contributed by atoms with van der Waals surface area (Å²) in [5.41, 5.74) is 5.48. The maximum atomic E-state index is 11.3. The fourth-order valence-corrected chi connectivity index (χ4v) is 3.86. The molecule has 0 spiro atoms. The summed E-state index contributed by atoms with van der Waals surface area (Å²) in [6, 6.07) is -0.118. The van der Waals surface area contributed by atoms with Crippen molar-refractivity contribution in [2.75, 3.05) is 18.6 Å². The summed E-state index contributed by atoms with van der Waals surface area (Å²) < 4.78 is 22.6. The molecule has 0 aromatic carbocycles. The molecule has 1 heterocycles. The second kappa shape index (κ2) is 4.49. The molecule has 88 valence electrons. The van der Waals surface area contributed by atoms with Gasteiger partial charge in [0.15, 0.2) is 9.84 Å². The van der Waals surface area contributed by atoms with Gasteiger partial charge in [0.25, 0.3) is 0 Å². The van der Waals surface area contributed by atoms with Gasteiger partial charge in [-0.3, -0.25) is 10.3 Å². The van der Waals surface area contributed by atoms with Crippen LogP contribution in [-0.2, 0) is 9.84 Å². The van der Waals surface area contributed by atoms with Crippen LogP contribution in [0.1, 0.15) is 19.8 Å². The van der Waals surface area contributed by atoms with E-state index >= 15 is 0 Å². The van der Waals surface area contributed by atoms with Crippen LogP contribution < -0.4 is 5.73 Å². The topological polar surface area (TPSA) is 87.2 Å². The first-order valence-corrected chi connectivity index (χ1v) is 6.95. The highest BCUT2D eigenvalue weighted by atomic mass is 32.2. The molecule has 2 atom stereocenters. The van der Waals surface area contributed by atoms with Crippen molar-refractivity contribution in [3.8, 4) is 0 Å². The molecular formula is C9H19N3O2S. The minimum absolute atomic E-state index is 0.0175. The average molecular weight is 233 g/mol.